The van der Waals surface area contributed by atoms with E-state index in [1.165, 1.54) is 0 Å². The largest absolute Gasteiger partial charge is 0.493 e. The van der Waals surface area contributed by atoms with E-state index in [9.17, 15) is 5.11 Å². The molecule has 1 aromatic heterocycles. The molecule has 0 bridgehead atoms. The zero-order chi connectivity index (χ0) is 9.35. The van der Waals surface area contributed by atoms with Gasteiger partial charge in [-0.1, -0.05) is 20.8 Å². The average molecular weight is 168 g/mol. The van der Waals surface area contributed by atoms with Crippen LogP contribution in [-0.4, -0.2) is 14.9 Å². The first-order valence-electron chi connectivity index (χ1n) is 4.22. The van der Waals surface area contributed by atoms with Crippen LogP contribution in [0.1, 0.15) is 33.3 Å². The minimum Gasteiger partial charge on any atom is -0.493 e. The lowest BCUT2D eigenvalue weighted by molar-refractivity contribution is 0.389. The van der Waals surface area contributed by atoms with Crippen molar-refractivity contribution in [1.29, 1.82) is 0 Å². The molecule has 0 aromatic carbocycles. The second-order valence-corrected chi connectivity index (χ2v) is 3.95. The number of rotatable bonds is 1. The Hall–Kier alpha value is -0.990. The smallest absolute Gasteiger partial charge is 0.213 e. The number of aromatic nitrogens is 2. The van der Waals surface area contributed by atoms with Crippen LogP contribution in [0, 0.1) is 0 Å². The van der Waals surface area contributed by atoms with E-state index >= 15 is 0 Å². The molecule has 1 heterocycles. The molecular formula is C9H16N2O. The van der Waals surface area contributed by atoms with Gasteiger partial charge in [-0.25, -0.2) is 4.68 Å². The van der Waals surface area contributed by atoms with Gasteiger partial charge >= 0.3 is 0 Å². The maximum atomic E-state index is 9.66. The van der Waals surface area contributed by atoms with Gasteiger partial charge in [0.05, 0.1) is 6.20 Å². The Bertz CT molecular complexity index is 271. The van der Waals surface area contributed by atoms with Gasteiger partial charge in [-0.15, -0.1) is 0 Å². The molecule has 0 amide bonds. The first-order valence-corrected chi connectivity index (χ1v) is 4.22. The quantitative estimate of drug-likeness (QED) is 0.695. The number of aryl methyl sites for hydroxylation is 1. The van der Waals surface area contributed by atoms with Crippen LogP contribution < -0.4 is 0 Å². The topological polar surface area (TPSA) is 38.0 Å². The highest BCUT2D eigenvalue weighted by atomic mass is 16.3. The summed E-state index contributed by atoms with van der Waals surface area (Å²) in [4.78, 5) is 0. The van der Waals surface area contributed by atoms with Crippen LogP contribution in [0.5, 0.6) is 5.88 Å². The zero-order valence-corrected chi connectivity index (χ0v) is 8.13. The van der Waals surface area contributed by atoms with E-state index in [1.54, 1.807) is 10.9 Å². The molecule has 0 radical (unpaired) electrons. The Balaban J connectivity index is 3.11. The Morgan fingerprint density at radius 2 is 2.08 bits per heavy atom. The van der Waals surface area contributed by atoms with E-state index in [4.69, 9.17) is 0 Å². The Kier molecular flexibility index (Phi) is 2.13. The Morgan fingerprint density at radius 3 is 2.33 bits per heavy atom. The first kappa shape index (κ1) is 9.10. The molecule has 0 atom stereocenters. The third-order valence-electron chi connectivity index (χ3n) is 1.92. The number of nitrogens with zero attached hydrogens (tertiary/aromatic N) is 2. The lowest BCUT2D eigenvalue weighted by atomic mass is 9.89. The fraction of sp³-hybridized carbons (Fsp3) is 0.667. The molecule has 68 valence electrons. The van der Waals surface area contributed by atoms with Crippen LogP contribution in [0.3, 0.4) is 0 Å². The highest BCUT2D eigenvalue weighted by Gasteiger charge is 2.21. The van der Waals surface area contributed by atoms with Crippen molar-refractivity contribution in [3.8, 4) is 5.88 Å². The van der Waals surface area contributed by atoms with E-state index < -0.39 is 0 Å². The van der Waals surface area contributed by atoms with Crippen LogP contribution >= 0.6 is 0 Å². The molecule has 0 fully saturated rings. The van der Waals surface area contributed by atoms with Crippen LogP contribution in [0.15, 0.2) is 6.20 Å². The summed E-state index contributed by atoms with van der Waals surface area (Å²) in [5, 5.41) is 13.7. The van der Waals surface area contributed by atoms with E-state index in [-0.39, 0.29) is 5.41 Å². The maximum Gasteiger partial charge on any atom is 0.213 e. The second-order valence-electron chi connectivity index (χ2n) is 3.95. The molecule has 1 rings (SSSR count). The molecule has 0 spiro atoms. The van der Waals surface area contributed by atoms with E-state index in [2.05, 4.69) is 25.9 Å². The molecule has 0 aliphatic rings. The molecule has 3 heteroatoms. The van der Waals surface area contributed by atoms with Crippen LogP contribution in [-0.2, 0) is 12.0 Å². The molecule has 0 aliphatic heterocycles. The van der Waals surface area contributed by atoms with Crippen molar-refractivity contribution in [3.63, 3.8) is 0 Å². The van der Waals surface area contributed by atoms with E-state index in [1.807, 2.05) is 6.92 Å². The average Bonchev–Trinajstić information content (AvgIpc) is 2.29. The summed E-state index contributed by atoms with van der Waals surface area (Å²) in [5.41, 5.74) is 0.877. The summed E-state index contributed by atoms with van der Waals surface area (Å²) in [5.74, 6) is 0.296. The van der Waals surface area contributed by atoms with Crippen molar-refractivity contribution < 1.29 is 5.11 Å². The molecule has 1 aromatic rings. The molecule has 3 nitrogen and oxygen atoms in total. The lowest BCUT2D eigenvalue weighted by Crippen LogP contribution is -2.10. The van der Waals surface area contributed by atoms with Gasteiger partial charge in [-0.2, -0.15) is 5.10 Å². The van der Waals surface area contributed by atoms with Crippen LogP contribution in [0.2, 0.25) is 0 Å². The SMILES string of the molecule is CCn1ncc(C(C)(C)C)c1O. The van der Waals surface area contributed by atoms with Crippen molar-refractivity contribution in [2.24, 2.45) is 0 Å². The minimum absolute atomic E-state index is 0.0303. The highest BCUT2D eigenvalue weighted by molar-refractivity contribution is 5.29. The van der Waals surface area contributed by atoms with Gasteiger partial charge in [0.25, 0.3) is 0 Å². The molecule has 0 saturated carbocycles. The van der Waals surface area contributed by atoms with Crippen LogP contribution in [0.25, 0.3) is 0 Å². The fourth-order valence-corrected chi connectivity index (χ4v) is 1.14. The van der Waals surface area contributed by atoms with Crippen molar-refractivity contribution >= 4 is 0 Å². The van der Waals surface area contributed by atoms with Gasteiger partial charge in [0.2, 0.25) is 5.88 Å². The van der Waals surface area contributed by atoms with Crippen LogP contribution in [0.4, 0.5) is 0 Å². The molecule has 0 unspecified atom stereocenters. The van der Waals surface area contributed by atoms with Gasteiger partial charge in [0.15, 0.2) is 0 Å². The molecule has 12 heavy (non-hydrogen) atoms. The zero-order valence-electron chi connectivity index (χ0n) is 8.13. The third-order valence-corrected chi connectivity index (χ3v) is 1.92. The minimum atomic E-state index is -0.0303. The summed E-state index contributed by atoms with van der Waals surface area (Å²) in [7, 11) is 0. The highest BCUT2D eigenvalue weighted by Crippen LogP contribution is 2.29. The van der Waals surface area contributed by atoms with Gasteiger partial charge < -0.3 is 5.11 Å². The van der Waals surface area contributed by atoms with Gasteiger partial charge in [-0.05, 0) is 12.3 Å². The summed E-state index contributed by atoms with van der Waals surface area (Å²) in [6, 6.07) is 0. The van der Waals surface area contributed by atoms with Crippen molar-refractivity contribution in [2.75, 3.05) is 0 Å². The Morgan fingerprint density at radius 1 is 1.50 bits per heavy atom. The molecule has 0 aliphatic carbocycles. The molecule has 1 N–H and O–H groups in total. The summed E-state index contributed by atoms with van der Waals surface area (Å²) >= 11 is 0. The van der Waals surface area contributed by atoms with Gasteiger partial charge in [0.1, 0.15) is 0 Å². The lowest BCUT2D eigenvalue weighted by Gasteiger charge is -2.16. The monoisotopic (exact) mass is 168 g/mol. The fourth-order valence-electron chi connectivity index (χ4n) is 1.14. The number of hydrogen-bond donors (Lipinski definition) is 1. The summed E-state index contributed by atoms with van der Waals surface area (Å²) in [6.07, 6.45) is 1.73. The standard InChI is InChI=1S/C9H16N2O/c1-5-11-8(12)7(6-10-11)9(2,3)4/h6,12H,5H2,1-4H3. The van der Waals surface area contributed by atoms with Crippen molar-refractivity contribution in [1.82, 2.24) is 9.78 Å². The van der Waals surface area contributed by atoms with Crippen molar-refractivity contribution in [3.05, 3.63) is 11.8 Å². The number of hydrogen-bond acceptors (Lipinski definition) is 2. The predicted octanol–water partition coefficient (Wildman–Crippen LogP) is 1.91. The van der Waals surface area contributed by atoms with E-state index in [0.717, 1.165) is 5.56 Å². The molecular weight excluding hydrogens is 152 g/mol. The first-order chi connectivity index (χ1) is 5.46. The predicted molar refractivity (Wildman–Crippen MR) is 48.3 cm³/mol. The normalized spacial score (nSPS) is 12.0. The molecule has 0 saturated heterocycles. The summed E-state index contributed by atoms with van der Waals surface area (Å²) < 4.78 is 1.60. The van der Waals surface area contributed by atoms with Gasteiger partial charge in [-0.3, -0.25) is 0 Å². The number of aromatic hydroxyl groups is 1. The Labute approximate surface area is 73.0 Å². The van der Waals surface area contributed by atoms with E-state index in [0.29, 0.717) is 12.4 Å². The third kappa shape index (κ3) is 1.44. The van der Waals surface area contributed by atoms with Crippen molar-refractivity contribution in [2.45, 2.75) is 39.7 Å². The maximum absolute atomic E-state index is 9.66. The second kappa shape index (κ2) is 2.81. The van der Waals surface area contributed by atoms with Gasteiger partial charge in [0, 0.05) is 12.1 Å². The summed E-state index contributed by atoms with van der Waals surface area (Å²) in [6.45, 7) is 8.85.